The predicted molar refractivity (Wildman–Crippen MR) is 104 cm³/mol. The number of hydrogen-bond donors (Lipinski definition) is 0. The zero-order valence-electron chi connectivity index (χ0n) is 16.6. The number of rotatable bonds is 5. The molecule has 8 nitrogen and oxygen atoms in total. The number of methoxy groups -OCH3 is 1. The highest BCUT2D eigenvalue weighted by molar-refractivity contribution is 5.76. The van der Waals surface area contributed by atoms with Gasteiger partial charge in [0.05, 0.1) is 31.8 Å². The normalized spacial score (nSPS) is 24.8. The van der Waals surface area contributed by atoms with E-state index in [0.717, 1.165) is 30.9 Å². The number of carbonyl (C=O) groups excluding carboxylic acids is 1. The van der Waals surface area contributed by atoms with Gasteiger partial charge in [0.25, 0.3) is 0 Å². The molecule has 2 aliphatic rings. The van der Waals surface area contributed by atoms with Gasteiger partial charge < -0.3 is 18.9 Å². The molecule has 2 aliphatic heterocycles. The number of nitrogens with zero attached hydrogens (tertiary/aromatic N) is 5. The summed E-state index contributed by atoms with van der Waals surface area (Å²) in [6.45, 7) is 2.38. The van der Waals surface area contributed by atoms with E-state index in [-0.39, 0.29) is 12.0 Å². The van der Waals surface area contributed by atoms with Crippen LogP contribution in [0.5, 0.6) is 5.88 Å². The van der Waals surface area contributed by atoms with Gasteiger partial charge in [-0.1, -0.05) is 0 Å². The number of aromatic nitrogens is 3. The standard InChI is InChI=1S/C20H27N5O3/c1-23(2)18(26)10-16-12-24-11-14(9-15(24)13-28-16)25-8-7-21-19(25)17-5-4-6-22-20(17)27-3/h4-8,14-16H,9-13H2,1-3H3/t14-,15+,16+/m1/s1. The third-order valence-electron chi connectivity index (χ3n) is 5.64. The van der Waals surface area contributed by atoms with Crippen molar-refractivity contribution in [3.05, 3.63) is 30.7 Å². The van der Waals surface area contributed by atoms with Crippen LogP contribution in [0, 0.1) is 0 Å². The summed E-state index contributed by atoms with van der Waals surface area (Å²) in [7, 11) is 5.20. The molecule has 0 unspecified atom stereocenters. The lowest BCUT2D eigenvalue weighted by atomic mass is 10.1. The minimum atomic E-state index is -0.0365. The number of imidazole rings is 1. The summed E-state index contributed by atoms with van der Waals surface area (Å²) >= 11 is 0. The minimum absolute atomic E-state index is 0.0365. The quantitative estimate of drug-likeness (QED) is 0.776. The molecule has 3 atom stereocenters. The van der Waals surface area contributed by atoms with E-state index in [1.165, 1.54) is 0 Å². The van der Waals surface area contributed by atoms with Crippen LogP contribution in [0.4, 0.5) is 0 Å². The topological polar surface area (TPSA) is 72.7 Å². The Kier molecular flexibility index (Phi) is 5.32. The summed E-state index contributed by atoms with van der Waals surface area (Å²) in [4.78, 5) is 25.0. The molecule has 4 heterocycles. The molecular weight excluding hydrogens is 358 g/mol. The molecule has 2 saturated heterocycles. The van der Waals surface area contributed by atoms with Gasteiger partial charge in [0.15, 0.2) is 0 Å². The minimum Gasteiger partial charge on any atom is -0.480 e. The van der Waals surface area contributed by atoms with E-state index in [2.05, 4.69) is 19.4 Å². The Morgan fingerprint density at radius 1 is 1.29 bits per heavy atom. The van der Waals surface area contributed by atoms with E-state index in [1.54, 1.807) is 32.3 Å². The largest absolute Gasteiger partial charge is 0.480 e. The van der Waals surface area contributed by atoms with E-state index < -0.39 is 0 Å². The number of ether oxygens (including phenoxy) is 2. The maximum Gasteiger partial charge on any atom is 0.224 e. The van der Waals surface area contributed by atoms with E-state index in [1.807, 2.05) is 24.5 Å². The smallest absolute Gasteiger partial charge is 0.224 e. The molecule has 0 N–H and O–H groups in total. The first-order valence-electron chi connectivity index (χ1n) is 9.64. The van der Waals surface area contributed by atoms with Crippen molar-refractivity contribution in [1.29, 1.82) is 0 Å². The lowest BCUT2D eigenvalue weighted by molar-refractivity contribution is -0.134. The van der Waals surface area contributed by atoms with Crippen molar-refractivity contribution in [1.82, 2.24) is 24.3 Å². The Balaban J connectivity index is 1.49. The number of morpholine rings is 1. The molecule has 0 saturated carbocycles. The Bertz CT molecular complexity index is 837. The SMILES string of the molecule is COc1ncccc1-c1nccn1[C@@H]1C[C@H]2CO[C@@H](CC(=O)N(C)C)CN2C1. The van der Waals surface area contributed by atoms with Gasteiger partial charge >= 0.3 is 0 Å². The highest BCUT2D eigenvalue weighted by Crippen LogP contribution is 2.35. The van der Waals surface area contributed by atoms with Crippen LogP contribution in [-0.4, -0.2) is 83.3 Å². The van der Waals surface area contributed by atoms with Gasteiger partial charge in [-0.25, -0.2) is 9.97 Å². The molecule has 0 aromatic carbocycles. The van der Waals surface area contributed by atoms with Crippen molar-refractivity contribution >= 4 is 5.91 Å². The average molecular weight is 385 g/mol. The summed E-state index contributed by atoms with van der Waals surface area (Å²) in [5, 5.41) is 0. The molecule has 0 radical (unpaired) electrons. The van der Waals surface area contributed by atoms with Crippen LogP contribution >= 0.6 is 0 Å². The van der Waals surface area contributed by atoms with E-state index in [9.17, 15) is 4.79 Å². The Morgan fingerprint density at radius 2 is 2.14 bits per heavy atom. The Morgan fingerprint density at radius 3 is 2.93 bits per heavy atom. The van der Waals surface area contributed by atoms with Crippen LogP contribution < -0.4 is 4.74 Å². The number of pyridine rings is 1. The Labute approximate surface area is 165 Å². The fraction of sp³-hybridized carbons (Fsp3) is 0.550. The predicted octanol–water partition coefficient (Wildman–Crippen LogP) is 1.45. The molecule has 150 valence electrons. The number of carbonyl (C=O) groups is 1. The first-order chi connectivity index (χ1) is 13.6. The summed E-state index contributed by atoms with van der Waals surface area (Å²) in [5.74, 6) is 1.56. The first-order valence-corrected chi connectivity index (χ1v) is 9.64. The second-order valence-electron chi connectivity index (χ2n) is 7.66. The molecule has 0 aliphatic carbocycles. The second kappa shape index (κ2) is 7.89. The zero-order chi connectivity index (χ0) is 19.7. The number of hydrogen-bond acceptors (Lipinski definition) is 6. The summed E-state index contributed by atoms with van der Waals surface area (Å²) in [6, 6.07) is 4.56. The van der Waals surface area contributed by atoms with E-state index in [0.29, 0.717) is 31.0 Å². The maximum absolute atomic E-state index is 12.0. The van der Waals surface area contributed by atoms with Crippen LogP contribution in [0.25, 0.3) is 11.4 Å². The van der Waals surface area contributed by atoms with Crippen molar-refractivity contribution in [2.24, 2.45) is 0 Å². The summed E-state index contributed by atoms with van der Waals surface area (Å²) in [5.41, 5.74) is 0.894. The van der Waals surface area contributed by atoms with E-state index in [4.69, 9.17) is 9.47 Å². The van der Waals surface area contributed by atoms with Gasteiger partial charge in [-0.2, -0.15) is 0 Å². The third-order valence-corrected chi connectivity index (χ3v) is 5.64. The lowest BCUT2D eigenvalue weighted by Gasteiger charge is -2.35. The maximum atomic E-state index is 12.0. The van der Waals surface area contributed by atoms with Gasteiger partial charge in [-0.3, -0.25) is 9.69 Å². The molecule has 4 rings (SSSR count). The molecule has 2 fully saturated rings. The van der Waals surface area contributed by atoms with Crippen LogP contribution in [0.1, 0.15) is 18.9 Å². The van der Waals surface area contributed by atoms with Crippen LogP contribution in [0.3, 0.4) is 0 Å². The molecule has 2 aromatic rings. The second-order valence-corrected chi connectivity index (χ2v) is 7.66. The fourth-order valence-electron chi connectivity index (χ4n) is 4.16. The molecule has 1 amide bonds. The Hall–Kier alpha value is -2.45. The van der Waals surface area contributed by atoms with E-state index >= 15 is 0 Å². The first kappa shape index (κ1) is 18.9. The van der Waals surface area contributed by atoms with Crippen molar-refractivity contribution in [3.63, 3.8) is 0 Å². The van der Waals surface area contributed by atoms with Gasteiger partial charge in [0, 0.05) is 57.9 Å². The molecule has 2 aromatic heterocycles. The average Bonchev–Trinajstić information content (AvgIpc) is 3.34. The zero-order valence-corrected chi connectivity index (χ0v) is 16.6. The van der Waals surface area contributed by atoms with Gasteiger partial charge in [0.2, 0.25) is 11.8 Å². The molecule has 0 spiro atoms. The molecule has 0 bridgehead atoms. The number of amides is 1. The highest BCUT2D eigenvalue weighted by Gasteiger charge is 2.39. The highest BCUT2D eigenvalue weighted by atomic mass is 16.5. The van der Waals surface area contributed by atoms with Crippen molar-refractivity contribution in [3.8, 4) is 17.3 Å². The summed E-state index contributed by atoms with van der Waals surface area (Å²) < 4.78 is 13.6. The summed E-state index contributed by atoms with van der Waals surface area (Å²) in [6.07, 6.45) is 6.97. The fourth-order valence-corrected chi connectivity index (χ4v) is 4.16. The van der Waals surface area contributed by atoms with Gasteiger partial charge in [-0.15, -0.1) is 0 Å². The van der Waals surface area contributed by atoms with Crippen LogP contribution in [0.2, 0.25) is 0 Å². The van der Waals surface area contributed by atoms with Crippen molar-refractivity contribution in [2.45, 2.75) is 31.0 Å². The lowest BCUT2D eigenvalue weighted by Crippen LogP contribution is -2.47. The van der Waals surface area contributed by atoms with Crippen LogP contribution in [0.15, 0.2) is 30.7 Å². The van der Waals surface area contributed by atoms with Crippen molar-refractivity contribution in [2.75, 3.05) is 40.9 Å². The van der Waals surface area contributed by atoms with Crippen LogP contribution in [-0.2, 0) is 9.53 Å². The van der Waals surface area contributed by atoms with Gasteiger partial charge in [-0.05, 0) is 18.6 Å². The third kappa shape index (κ3) is 3.62. The monoisotopic (exact) mass is 385 g/mol. The van der Waals surface area contributed by atoms with Crippen molar-refractivity contribution < 1.29 is 14.3 Å². The molecule has 8 heteroatoms. The number of fused-ring (bicyclic) bond motifs is 1. The van der Waals surface area contributed by atoms with Gasteiger partial charge in [0.1, 0.15) is 5.82 Å². The molecule has 28 heavy (non-hydrogen) atoms. The molecular formula is C20H27N5O3.